The van der Waals surface area contributed by atoms with Gasteiger partial charge < -0.3 is 10.2 Å². The van der Waals surface area contributed by atoms with Gasteiger partial charge in [-0.05, 0) is 33.1 Å². The number of carbonyl (C=O) groups is 2. The normalized spacial score (nSPS) is 23.2. The maximum atomic E-state index is 12.6. The molecule has 144 valence electrons. The molecule has 26 heavy (non-hydrogen) atoms. The first-order valence-corrected chi connectivity index (χ1v) is 10.8. The zero-order valence-electron chi connectivity index (χ0n) is 15.5. The average molecular weight is 382 g/mol. The molecule has 0 saturated carbocycles. The molecule has 2 amide bonds. The number of rotatable bonds is 3. The van der Waals surface area contributed by atoms with Gasteiger partial charge in [-0.1, -0.05) is 0 Å². The van der Waals surface area contributed by atoms with E-state index in [9.17, 15) is 18.0 Å². The van der Waals surface area contributed by atoms with Gasteiger partial charge >= 0.3 is 0 Å². The molecule has 1 aromatic rings. The fourth-order valence-corrected chi connectivity index (χ4v) is 5.54. The quantitative estimate of drug-likeness (QED) is 0.842. The summed E-state index contributed by atoms with van der Waals surface area (Å²) in [5, 5.41) is 7.46. The molecular formula is C17H26N4O4S. The van der Waals surface area contributed by atoms with Gasteiger partial charge in [0.2, 0.25) is 11.8 Å². The highest BCUT2D eigenvalue weighted by Gasteiger charge is 2.32. The van der Waals surface area contributed by atoms with Crippen LogP contribution in [0, 0.1) is 19.8 Å². The summed E-state index contributed by atoms with van der Waals surface area (Å²) in [6, 6.07) is -0.164. The molecule has 0 radical (unpaired) electrons. The highest BCUT2D eigenvalue weighted by atomic mass is 32.2. The van der Waals surface area contributed by atoms with Crippen LogP contribution in [0.4, 0.5) is 5.69 Å². The number of nitrogens with zero attached hydrogens (tertiary/aromatic N) is 3. The smallest absolute Gasteiger partial charge is 0.227 e. The molecule has 0 aromatic carbocycles. The van der Waals surface area contributed by atoms with E-state index >= 15 is 0 Å². The molecule has 2 aliphatic heterocycles. The third-order valence-corrected chi connectivity index (χ3v) is 7.19. The van der Waals surface area contributed by atoms with Crippen molar-refractivity contribution >= 4 is 27.3 Å². The van der Waals surface area contributed by atoms with Gasteiger partial charge in [0.1, 0.15) is 0 Å². The number of carbonyl (C=O) groups excluding carboxylic acids is 2. The largest absolute Gasteiger partial charge is 0.343 e. The van der Waals surface area contributed by atoms with Crippen molar-refractivity contribution in [1.82, 2.24) is 14.7 Å². The summed E-state index contributed by atoms with van der Waals surface area (Å²) in [4.78, 5) is 25.8. The predicted molar refractivity (Wildman–Crippen MR) is 97.6 cm³/mol. The van der Waals surface area contributed by atoms with Gasteiger partial charge in [-0.15, -0.1) is 0 Å². The van der Waals surface area contributed by atoms with E-state index in [0.717, 1.165) is 5.69 Å². The Morgan fingerprint density at radius 2 is 1.81 bits per heavy atom. The molecule has 0 spiro atoms. The molecular weight excluding hydrogens is 356 g/mol. The summed E-state index contributed by atoms with van der Waals surface area (Å²) in [7, 11) is -3.00. The fourth-order valence-electron chi connectivity index (χ4n) is 3.85. The molecule has 3 rings (SSSR count). The Balaban J connectivity index is 1.69. The van der Waals surface area contributed by atoms with Crippen molar-refractivity contribution in [3.05, 3.63) is 11.4 Å². The Bertz CT molecular complexity index is 822. The summed E-state index contributed by atoms with van der Waals surface area (Å²) >= 11 is 0. The number of piperidine rings is 1. The van der Waals surface area contributed by atoms with Crippen molar-refractivity contribution in [3.8, 4) is 0 Å². The van der Waals surface area contributed by atoms with Crippen LogP contribution in [0.2, 0.25) is 0 Å². The lowest BCUT2D eigenvalue weighted by atomic mass is 9.95. The lowest BCUT2D eigenvalue weighted by molar-refractivity contribution is -0.132. The van der Waals surface area contributed by atoms with Gasteiger partial charge in [0.25, 0.3) is 0 Å². The number of aromatic nitrogens is 2. The predicted octanol–water partition coefficient (Wildman–Crippen LogP) is 1.06. The third-order valence-electron chi connectivity index (χ3n) is 5.44. The lowest BCUT2D eigenvalue weighted by Crippen LogP contribution is -2.40. The van der Waals surface area contributed by atoms with Crippen LogP contribution in [0.15, 0.2) is 0 Å². The Morgan fingerprint density at radius 3 is 2.35 bits per heavy atom. The van der Waals surface area contributed by atoms with E-state index in [-0.39, 0.29) is 35.3 Å². The summed E-state index contributed by atoms with van der Waals surface area (Å²) in [6.07, 6.45) is 1.86. The number of anilines is 1. The van der Waals surface area contributed by atoms with Gasteiger partial charge in [0.15, 0.2) is 9.84 Å². The molecule has 1 atom stereocenters. The zero-order valence-corrected chi connectivity index (χ0v) is 16.3. The van der Waals surface area contributed by atoms with Crippen LogP contribution in [0.5, 0.6) is 0 Å². The van der Waals surface area contributed by atoms with Crippen LogP contribution in [-0.4, -0.2) is 59.5 Å². The molecule has 2 saturated heterocycles. The van der Waals surface area contributed by atoms with Gasteiger partial charge in [0, 0.05) is 25.9 Å². The fraction of sp³-hybridized carbons (Fsp3) is 0.706. The zero-order chi connectivity index (χ0) is 19.1. The second-order valence-electron chi connectivity index (χ2n) is 7.32. The SMILES string of the molecule is CC(=O)N1CCC(C(=O)Nc2c(C)nn(C3CCS(=O)(=O)C3)c2C)CC1. The van der Waals surface area contributed by atoms with Crippen molar-refractivity contribution in [1.29, 1.82) is 0 Å². The summed E-state index contributed by atoms with van der Waals surface area (Å²) in [5.74, 6) is 0.152. The molecule has 2 aliphatic rings. The van der Waals surface area contributed by atoms with E-state index in [1.165, 1.54) is 0 Å². The van der Waals surface area contributed by atoms with Crippen LogP contribution >= 0.6 is 0 Å². The van der Waals surface area contributed by atoms with Gasteiger partial charge in [-0.25, -0.2) is 8.42 Å². The second-order valence-corrected chi connectivity index (χ2v) is 9.55. The number of amides is 2. The van der Waals surface area contributed by atoms with E-state index in [1.807, 2.05) is 13.8 Å². The topological polar surface area (TPSA) is 101 Å². The summed E-state index contributed by atoms with van der Waals surface area (Å²) in [5.41, 5.74) is 2.16. The molecule has 1 aromatic heterocycles. The van der Waals surface area contributed by atoms with Gasteiger partial charge in [-0.2, -0.15) is 5.10 Å². The summed E-state index contributed by atoms with van der Waals surface area (Å²) in [6.45, 7) is 6.43. The Kier molecular flexibility index (Phi) is 5.09. The van der Waals surface area contributed by atoms with Crippen molar-refractivity contribution < 1.29 is 18.0 Å². The van der Waals surface area contributed by atoms with E-state index in [2.05, 4.69) is 10.4 Å². The minimum atomic E-state index is -3.00. The van der Waals surface area contributed by atoms with Crippen molar-refractivity contribution in [2.24, 2.45) is 5.92 Å². The first kappa shape index (κ1) is 18.9. The Labute approximate surface area is 153 Å². The highest BCUT2D eigenvalue weighted by Crippen LogP contribution is 2.30. The van der Waals surface area contributed by atoms with E-state index < -0.39 is 9.84 Å². The Morgan fingerprint density at radius 1 is 1.15 bits per heavy atom. The van der Waals surface area contributed by atoms with Crippen molar-refractivity contribution in [3.63, 3.8) is 0 Å². The number of nitrogens with one attached hydrogen (secondary N) is 1. The van der Waals surface area contributed by atoms with Crippen molar-refractivity contribution in [2.45, 2.75) is 46.1 Å². The highest BCUT2D eigenvalue weighted by molar-refractivity contribution is 7.91. The molecule has 3 heterocycles. The Hall–Kier alpha value is -1.90. The number of aryl methyl sites for hydroxylation is 1. The first-order chi connectivity index (χ1) is 12.2. The minimum Gasteiger partial charge on any atom is -0.343 e. The molecule has 2 fully saturated rings. The standard InChI is InChI=1S/C17H26N4O4S/c1-11-16(12(2)21(19-11)15-6-9-26(24,25)10-15)18-17(23)14-4-7-20(8-5-14)13(3)22/h14-15H,4-10H2,1-3H3,(H,18,23). The molecule has 1 N–H and O–H groups in total. The maximum absolute atomic E-state index is 12.6. The van der Waals surface area contributed by atoms with Crippen LogP contribution in [0.25, 0.3) is 0 Å². The molecule has 1 unspecified atom stereocenters. The second kappa shape index (κ2) is 7.02. The molecule has 0 aliphatic carbocycles. The lowest BCUT2D eigenvalue weighted by Gasteiger charge is -2.30. The van der Waals surface area contributed by atoms with E-state index in [0.29, 0.717) is 43.7 Å². The monoisotopic (exact) mass is 382 g/mol. The van der Waals surface area contributed by atoms with Crippen molar-refractivity contribution in [2.75, 3.05) is 29.9 Å². The molecule has 0 bridgehead atoms. The van der Waals surface area contributed by atoms with Gasteiger partial charge in [0.05, 0.1) is 34.6 Å². The van der Waals surface area contributed by atoms with Crippen LogP contribution in [0.1, 0.15) is 43.6 Å². The average Bonchev–Trinajstić information content (AvgIpc) is 3.08. The van der Waals surface area contributed by atoms with E-state index in [1.54, 1.807) is 16.5 Å². The van der Waals surface area contributed by atoms with Gasteiger partial charge in [-0.3, -0.25) is 14.3 Å². The number of likely N-dealkylation sites (tertiary alicyclic amines) is 1. The minimum absolute atomic E-state index is 0.0448. The maximum Gasteiger partial charge on any atom is 0.227 e. The molecule has 8 nitrogen and oxygen atoms in total. The summed E-state index contributed by atoms with van der Waals surface area (Å²) < 4.78 is 25.2. The number of hydrogen-bond donors (Lipinski definition) is 1. The van der Waals surface area contributed by atoms with Crippen LogP contribution in [-0.2, 0) is 19.4 Å². The number of sulfone groups is 1. The third kappa shape index (κ3) is 3.77. The number of hydrogen-bond acceptors (Lipinski definition) is 5. The first-order valence-electron chi connectivity index (χ1n) is 9.00. The van der Waals surface area contributed by atoms with E-state index in [4.69, 9.17) is 0 Å². The van der Waals surface area contributed by atoms with Crippen LogP contribution in [0.3, 0.4) is 0 Å². The van der Waals surface area contributed by atoms with Crippen LogP contribution < -0.4 is 5.32 Å². The molecule has 9 heteroatoms.